The van der Waals surface area contributed by atoms with Crippen LogP contribution in [0.3, 0.4) is 0 Å². The summed E-state index contributed by atoms with van der Waals surface area (Å²) in [5, 5.41) is 13.6. The normalized spacial score (nSPS) is 15.4. The van der Waals surface area contributed by atoms with Gasteiger partial charge in [0, 0.05) is 36.8 Å². The van der Waals surface area contributed by atoms with Gasteiger partial charge in [-0.1, -0.05) is 47.5 Å². The van der Waals surface area contributed by atoms with Gasteiger partial charge in [0.05, 0.1) is 23.6 Å². The van der Waals surface area contributed by atoms with Crippen molar-refractivity contribution < 1.29 is 4.42 Å². The number of hydrogen-bond acceptors (Lipinski definition) is 7. The van der Waals surface area contributed by atoms with E-state index in [1.165, 1.54) is 4.68 Å². The number of piperazine rings is 1. The predicted octanol–water partition coefficient (Wildman–Crippen LogP) is 4.47. The SMILES string of the molecule is C[C@@H](c1nnc(-c2cccc(Cl)c2)o1)N1CCN(c2cnn(-c3ccccc3)c(=O)c2Cl)CC1. The van der Waals surface area contributed by atoms with Crippen molar-refractivity contribution in [2.24, 2.45) is 0 Å². The van der Waals surface area contributed by atoms with Crippen LogP contribution in [0, 0.1) is 0 Å². The zero-order chi connectivity index (χ0) is 23.7. The Hall–Kier alpha value is -3.20. The maximum absolute atomic E-state index is 12.8. The smallest absolute Gasteiger partial charge is 0.292 e. The number of rotatable bonds is 5. The van der Waals surface area contributed by atoms with Gasteiger partial charge in [-0.25, -0.2) is 0 Å². The Bertz CT molecular complexity index is 1350. The summed E-state index contributed by atoms with van der Waals surface area (Å²) in [6, 6.07) is 16.5. The van der Waals surface area contributed by atoms with Crippen molar-refractivity contribution in [3.63, 3.8) is 0 Å². The molecule has 2 aromatic carbocycles. The number of anilines is 1. The Morgan fingerprint density at radius 1 is 0.971 bits per heavy atom. The van der Waals surface area contributed by atoms with Crippen LogP contribution in [-0.2, 0) is 0 Å². The van der Waals surface area contributed by atoms with E-state index in [-0.39, 0.29) is 16.6 Å². The predicted molar refractivity (Wildman–Crippen MR) is 132 cm³/mol. The fraction of sp³-hybridized carbons (Fsp3) is 0.250. The van der Waals surface area contributed by atoms with Crippen molar-refractivity contribution in [3.8, 4) is 17.1 Å². The molecule has 0 saturated carbocycles. The van der Waals surface area contributed by atoms with Gasteiger partial charge in [-0.05, 0) is 37.3 Å². The van der Waals surface area contributed by atoms with Crippen molar-refractivity contribution in [1.82, 2.24) is 24.9 Å². The Balaban J connectivity index is 1.27. The van der Waals surface area contributed by atoms with E-state index in [1.54, 1.807) is 18.3 Å². The molecule has 8 nitrogen and oxygen atoms in total. The summed E-state index contributed by atoms with van der Waals surface area (Å²) in [5.74, 6) is 0.994. The van der Waals surface area contributed by atoms with E-state index >= 15 is 0 Å². The maximum atomic E-state index is 12.8. The van der Waals surface area contributed by atoms with Crippen molar-refractivity contribution in [1.29, 1.82) is 0 Å². The second-order valence-corrected chi connectivity index (χ2v) is 8.87. The first-order valence-corrected chi connectivity index (χ1v) is 11.7. The van der Waals surface area contributed by atoms with E-state index in [0.29, 0.717) is 41.3 Å². The quantitative estimate of drug-likeness (QED) is 0.403. The molecule has 174 valence electrons. The molecule has 0 spiro atoms. The Morgan fingerprint density at radius 2 is 1.74 bits per heavy atom. The molecule has 10 heteroatoms. The number of aromatic nitrogens is 4. The molecule has 0 unspecified atom stereocenters. The standard InChI is InChI=1S/C24H22Cl2N6O2/c1-16(22-28-29-23(34-22)17-6-5-7-18(25)14-17)30-10-12-31(13-11-30)20-15-27-32(24(33)21(20)26)19-8-3-2-4-9-19/h2-9,14-16H,10-13H2,1H3/t16-/m0/s1. The average Bonchev–Trinajstić information content (AvgIpc) is 3.36. The van der Waals surface area contributed by atoms with Gasteiger partial charge in [0.25, 0.3) is 5.56 Å². The average molecular weight is 497 g/mol. The molecule has 0 radical (unpaired) electrons. The van der Waals surface area contributed by atoms with Crippen LogP contribution in [0.25, 0.3) is 17.1 Å². The highest BCUT2D eigenvalue weighted by Crippen LogP contribution is 2.28. The van der Waals surface area contributed by atoms with E-state index in [9.17, 15) is 4.79 Å². The second kappa shape index (κ2) is 9.58. The van der Waals surface area contributed by atoms with Gasteiger partial charge < -0.3 is 9.32 Å². The lowest BCUT2D eigenvalue weighted by molar-refractivity contribution is 0.173. The zero-order valence-electron chi connectivity index (χ0n) is 18.4. The van der Waals surface area contributed by atoms with Gasteiger partial charge in [0.2, 0.25) is 11.8 Å². The summed E-state index contributed by atoms with van der Waals surface area (Å²) in [6.45, 7) is 4.91. The van der Waals surface area contributed by atoms with Crippen LogP contribution < -0.4 is 10.5 Å². The molecular formula is C24H22Cl2N6O2. The van der Waals surface area contributed by atoms with E-state index in [4.69, 9.17) is 27.6 Å². The van der Waals surface area contributed by atoms with E-state index in [0.717, 1.165) is 18.7 Å². The van der Waals surface area contributed by atoms with Crippen molar-refractivity contribution in [2.75, 3.05) is 31.1 Å². The van der Waals surface area contributed by atoms with Crippen LogP contribution in [0.2, 0.25) is 10.0 Å². The Labute approximate surface area is 206 Å². The molecule has 2 aromatic heterocycles. The summed E-state index contributed by atoms with van der Waals surface area (Å²) >= 11 is 12.6. The summed E-state index contributed by atoms with van der Waals surface area (Å²) in [5.41, 5.74) is 1.78. The number of nitrogens with zero attached hydrogens (tertiary/aromatic N) is 6. The molecule has 1 saturated heterocycles. The van der Waals surface area contributed by atoms with Crippen LogP contribution in [0.5, 0.6) is 0 Å². The number of benzene rings is 2. The first kappa shape index (κ1) is 22.6. The van der Waals surface area contributed by atoms with Crippen LogP contribution in [0.15, 0.2) is 70.0 Å². The highest BCUT2D eigenvalue weighted by Gasteiger charge is 2.27. The molecule has 4 aromatic rings. The maximum Gasteiger partial charge on any atom is 0.292 e. The first-order valence-electron chi connectivity index (χ1n) is 10.9. The third kappa shape index (κ3) is 4.44. The fourth-order valence-electron chi connectivity index (χ4n) is 4.05. The van der Waals surface area contributed by atoms with Gasteiger partial charge in [-0.15, -0.1) is 10.2 Å². The van der Waals surface area contributed by atoms with Gasteiger partial charge in [-0.2, -0.15) is 9.78 Å². The lowest BCUT2D eigenvalue weighted by atomic mass is 10.2. The van der Waals surface area contributed by atoms with Crippen LogP contribution in [0.4, 0.5) is 5.69 Å². The van der Waals surface area contributed by atoms with Crippen LogP contribution in [0.1, 0.15) is 18.9 Å². The number of para-hydroxylation sites is 1. The lowest BCUT2D eigenvalue weighted by Gasteiger charge is -2.38. The topological polar surface area (TPSA) is 80.3 Å². The van der Waals surface area contributed by atoms with Gasteiger partial charge in [0.15, 0.2) is 0 Å². The van der Waals surface area contributed by atoms with Crippen molar-refractivity contribution in [3.05, 3.63) is 87.1 Å². The molecule has 0 bridgehead atoms. The molecule has 3 heterocycles. The molecular weight excluding hydrogens is 475 g/mol. The van der Waals surface area contributed by atoms with E-state index in [2.05, 4.69) is 25.1 Å². The molecule has 1 aliphatic heterocycles. The monoisotopic (exact) mass is 496 g/mol. The van der Waals surface area contributed by atoms with Crippen molar-refractivity contribution >= 4 is 28.9 Å². The van der Waals surface area contributed by atoms with Gasteiger partial charge in [0.1, 0.15) is 5.02 Å². The third-order valence-corrected chi connectivity index (χ3v) is 6.56. The molecule has 0 aliphatic carbocycles. The minimum Gasteiger partial charge on any atom is -0.419 e. The third-order valence-electron chi connectivity index (χ3n) is 5.97. The molecule has 1 aliphatic rings. The molecule has 1 fully saturated rings. The minimum atomic E-state index is -0.333. The summed E-state index contributed by atoms with van der Waals surface area (Å²) in [7, 11) is 0. The van der Waals surface area contributed by atoms with Crippen LogP contribution in [-0.4, -0.2) is 51.1 Å². The number of halogens is 2. The largest absolute Gasteiger partial charge is 0.419 e. The molecule has 0 amide bonds. The summed E-state index contributed by atoms with van der Waals surface area (Å²) in [6.07, 6.45) is 1.66. The Kier molecular flexibility index (Phi) is 6.36. The fourth-order valence-corrected chi connectivity index (χ4v) is 4.48. The number of hydrogen-bond donors (Lipinski definition) is 0. The van der Waals surface area contributed by atoms with Gasteiger partial charge in [-0.3, -0.25) is 9.69 Å². The van der Waals surface area contributed by atoms with Crippen LogP contribution >= 0.6 is 23.2 Å². The second-order valence-electron chi connectivity index (χ2n) is 8.05. The molecule has 1 atom stereocenters. The zero-order valence-corrected chi connectivity index (χ0v) is 19.9. The lowest BCUT2D eigenvalue weighted by Crippen LogP contribution is -2.47. The first-order chi connectivity index (χ1) is 16.5. The molecule has 5 rings (SSSR count). The van der Waals surface area contributed by atoms with Crippen molar-refractivity contribution in [2.45, 2.75) is 13.0 Å². The Morgan fingerprint density at radius 3 is 2.47 bits per heavy atom. The highest BCUT2D eigenvalue weighted by atomic mass is 35.5. The molecule has 0 N–H and O–H groups in total. The summed E-state index contributed by atoms with van der Waals surface area (Å²) in [4.78, 5) is 17.2. The minimum absolute atomic E-state index is 0.0535. The highest BCUT2D eigenvalue weighted by molar-refractivity contribution is 6.33. The van der Waals surface area contributed by atoms with Gasteiger partial charge >= 0.3 is 0 Å². The summed E-state index contributed by atoms with van der Waals surface area (Å²) < 4.78 is 7.25. The van der Waals surface area contributed by atoms with E-state index < -0.39 is 0 Å². The van der Waals surface area contributed by atoms with E-state index in [1.807, 2.05) is 49.4 Å². The molecule has 34 heavy (non-hydrogen) atoms.